The average Bonchev–Trinajstić information content (AvgIpc) is 3.15. The molecule has 2 heterocycles. The molecule has 106 valence electrons. The number of carbonyl (C=O) groups excluding carboxylic acids is 1. The zero-order valence-corrected chi connectivity index (χ0v) is 11.9. The van der Waals surface area contributed by atoms with Crippen molar-refractivity contribution in [2.24, 2.45) is 0 Å². The number of rotatable bonds is 1. The quantitative estimate of drug-likeness (QED) is 0.873. The van der Waals surface area contributed by atoms with Crippen molar-refractivity contribution in [2.75, 3.05) is 0 Å². The molecular formula is C18H12N2O2. The molecule has 1 aliphatic carbocycles. The van der Waals surface area contributed by atoms with Crippen LogP contribution in [0.4, 0.5) is 0 Å². The normalized spacial score (nSPS) is 19.6. The maximum absolute atomic E-state index is 12.8. The number of hydrogen-bond donors (Lipinski definition) is 1. The Kier molecular flexibility index (Phi) is 2.57. The smallest absolute Gasteiger partial charge is 0.192 e. The van der Waals surface area contributed by atoms with Gasteiger partial charge in [0.1, 0.15) is 5.76 Å². The first-order chi connectivity index (χ1) is 10.7. The Morgan fingerprint density at radius 3 is 2.64 bits per heavy atom. The fourth-order valence-corrected chi connectivity index (χ4v) is 3.22. The van der Waals surface area contributed by atoms with Gasteiger partial charge in [0.05, 0.1) is 29.5 Å². The number of dihydropyridines is 1. The van der Waals surface area contributed by atoms with Crippen LogP contribution in [0.15, 0.2) is 63.9 Å². The summed E-state index contributed by atoms with van der Waals surface area (Å²) in [5, 5.41) is 12.8. The standard InChI is InChI=1S/C18H12N2O2/c1-10-13(9-19)15(14-7-4-8-22-14)16-17(20-10)11-5-2-3-6-12(11)18(16)21/h2-8,15,20H,1H3/t15-/m0/s1. The molecule has 4 rings (SSSR count). The summed E-state index contributed by atoms with van der Waals surface area (Å²) in [7, 11) is 0. The fraction of sp³-hybridized carbons (Fsp3) is 0.111. The first-order valence-electron chi connectivity index (χ1n) is 7.02. The minimum Gasteiger partial charge on any atom is -0.468 e. The second-order valence-electron chi connectivity index (χ2n) is 5.39. The van der Waals surface area contributed by atoms with Gasteiger partial charge >= 0.3 is 0 Å². The number of furan rings is 1. The van der Waals surface area contributed by atoms with E-state index in [-0.39, 0.29) is 5.78 Å². The molecule has 22 heavy (non-hydrogen) atoms. The van der Waals surface area contributed by atoms with Gasteiger partial charge in [-0.1, -0.05) is 24.3 Å². The van der Waals surface area contributed by atoms with Gasteiger partial charge in [0.15, 0.2) is 5.78 Å². The highest BCUT2D eigenvalue weighted by Gasteiger charge is 2.41. The summed E-state index contributed by atoms with van der Waals surface area (Å²) in [6.07, 6.45) is 1.56. The van der Waals surface area contributed by atoms with Crippen LogP contribution in [-0.2, 0) is 0 Å². The molecule has 0 saturated carbocycles. The minimum absolute atomic E-state index is 0.0419. The van der Waals surface area contributed by atoms with Gasteiger partial charge in [-0.15, -0.1) is 0 Å². The van der Waals surface area contributed by atoms with Crippen molar-refractivity contribution in [1.82, 2.24) is 5.32 Å². The third-order valence-corrected chi connectivity index (χ3v) is 4.20. The average molecular weight is 288 g/mol. The van der Waals surface area contributed by atoms with Gasteiger partial charge in [0.2, 0.25) is 0 Å². The number of carbonyl (C=O) groups is 1. The number of allylic oxidation sites excluding steroid dienone is 3. The van der Waals surface area contributed by atoms with Crippen LogP contribution in [0.2, 0.25) is 0 Å². The molecule has 1 aliphatic heterocycles. The molecule has 0 spiro atoms. The summed E-state index contributed by atoms with van der Waals surface area (Å²) in [4.78, 5) is 12.8. The van der Waals surface area contributed by atoms with Gasteiger partial charge in [-0.25, -0.2) is 0 Å². The second kappa shape index (κ2) is 4.47. The van der Waals surface area contributed by atoms with Gasteiger partial charge in [0, 0.05) is 22.4 Å². The molecule has 0 unspecified atom stereocenters. The first-order valence-corrected chi connectivity index (χ1v) is 7.02. The third kappa shape index (κ3) is 1.54. The number of nitrogens with zero attached hydrogens (tertiary/aromatic N) is 1. The summed E-state index contributed by atoms with van der Waals surface area (Å²) >= 11 is 0. The molecule has 1 N–H and O–H groups in total. The van der Waals surface area contributed by atoms with Gasteiger partial charge in [-0.3, -0.25) is 4.79 Å². The predicted molar refractivity (Wildman–Crippen MR) is 80.6 cm³/mol. The Morgan fingerprint density at radius 1 is 1.18 bits per heavy atom. The van der Waals surface area contributed by atoms with Crippen LogP contribution in [0.5, 0.6) is 0 Å². The molecule has 1 aromatic carbocycles. The SMILES string of the molecule is CC1=C(C#N)[C@@H](c2ccco2)C2=C(N1)c1ccccc1C2=O. The van der Waals surface area contributed by atoms with Crippen molar-refractivity contribution >= 4 is 11.5 Å². The lowest BCUT2D eigenvalue weighted by molar-refractivity contribution is 0.103. The van der Waals surface area contributed by atoms with E-state index in [0.29, 0.717) is 22.5 Å². The van der Waals surface area contributed by atoms with E-state index < -0.39 is 5.92 Å². The number of nitriles is 1. The van der Waals surface area contributed by atoms with E-state index in [0.717, 1.165) is 17.0 Å². The Bertz CT molecular complexity index is 895. The maximum atomic E-state index is 12.8. The Morgan fingerprint density at radius 2 is 1.95 bits per heavy atom. The van der Waals surface area contributed by atoms with E-state index >= 15 is 0 Å². The van der Waals surface area contributed by atoms with Crippen LogP contribution < -0.4 is 5.32 Å². The van der Waals surface area contributed by atoms with Crippen LogP contribution in [-0.4, -0.2) is 5.78 Å². The molecule has 0 amide bonds. The van der Waals surface area contributed by atoms with Gasteiger partial charge in [-0.2, -0.15) is 5.26 Å². The highest BCUT2D eigenvalue weighted by atomic mass is 16.3. The van der Waals surface area contributed by atoms with E-state index in [1.165, 1.54) is 0 Å². The van der Waals surface area contributed by atoms with Crippen LogP contribution in [0.25, 0.3) is 5.70 Å². The van der Waals surface area contributed by atoms with Gasteiger partial charge < -0.3 is 9.73 Å². The van der Waals surface area contributed by atoms with Crippen molar-refractivity contribution in [3.05, 3.63) is 76.4 Å². The summed E-state index contributed by atoms with van der Waals surface area (Å²) in [6.45, 7) is 1.85. The first kappa shape index (κ1) is 12.7. The Balaban J connectivity index is 1.98. The topological polar surface area (TPSA) is 66.0 Å². The lowest BCUT2D eigenvalue weighted by atomic mass is 9.84. The van der Waals surface area contributed by atoms with E-state index in [2.05, 4.69) is 11.4 Å². The number of nitrogens with one attached hydrogen (secondary N) is 1. The molecule has 4 nitrogen and oxygen atoms in total. The van der Waals surface area contributed by atoms with Crippen molar-refractivity contribution in [3.8, 4) is 6.07 Å². The fourth-order valence-electron chi connectivity index (χ4n) is 3.22. The van der Waals surface area contributed by atoms with Crippen LogP contribution in [0, 0.1) is 11.3 Å². The molecule has 1 aromatic heterocycles. The molecular weight excluding hydrogens is 276 g/mol. The van der Waals surface area contributed by atoms with E-state index in [4.69, 9.17) is 4.42 Å². The highest BCUT2D eigenvalue weighted by Crippen LogP contribution is 2.46. The Labute approximate surface area is 127 Å². The molecule has 0 radical (unpaired) electrons. The molecule has 4 heteroatoms. The zero-order valence-electron chi connectivity index (χ0n) is 11.9. The number of hydrogen-bond acceptors (Lipinski definition) is 4. The third-order valence-electron chi connectivity index (χ3n) is 4.20. The van der Waals surface area contributed by atoms with Crippen molar-refractivity contribution < 1.29 is 9.21 Å². The maximum Gasteiger partial charge on any atom is 0.192 e. The summed E-state index contributed by atoms with van der Waals surface area (Å²) in [5.41, 5.74) is 4.22. The Hall–Kier alpha value is -3.06. The zero-order chi connectivity index (χ0) is 15.3. The molecule has 2 aromatic rings. The molecule has 0 bridgehead atoms. The lowest BCUT2D eigenvalue weighted by Gasteiger charge is -2.25. The summed E-state index contributed by atoms with van der Waals surface area (Å²) in [6, 6.07) is 13.3. The lowest BCUT2D eigenvalue weighted by Crippen LogP contribution is -2.24. The van der Waals surface area contributed by atoms with Crippen LogP contribution >= 0.6 is 0 Å². The van der Waals surface area contributed by atoms with E-state index in [1.54, 1.807) is 12.3 Å². The largest absolute Gasteiger partial charge is 0.468 e. The second-order valence-corrected chi connectivity index (χ2v) is 5.39. The monoisotopic (exact) mass is 288 g/mol. The summed E-state index contributed by atoms with van der Waals surface area (Å²) < 4.78 is 5.51. The highest BCUT2D eigenvalue weighted by molar-refractivity contribution is 6.22. The molecule has 2 aliphatic rings. The number of Topliss-reactive ketones (excluding diaryl/α,β-unsaturated/α-hetero) is 1. The van der Waals surface area contributed by atoms with Crippen molar-refractivity contribution in [2.45, 2.75) is 12.8 Å². The molecule has 0 fully saturated rings. The molecule has 1 atom stereocenters. The minimum atomic E-state index is -0.448. The van der Waals surface area contributed by atoms with Gasteiger partial charge in [0.25, 0.3) is 0 Å². The van der Waals surface area contributed by atoms with E-state index in [1.807, 2.05) is 37.3 Å². The number of benzene rings is 1. The van der Waals surface area contributed by atoms with Crippen LogP contribution in [0.3, 0.4) is 0 Å². The number of fused-ring (bicyclic) bond motifs is 2. The van der Waals surface area contributed by atoms with E-state index in [9.17, 15) is 10.1 Å². The predicted octanol–water partition coefficient (Wildman–Crippen LogP) is 3.37. The van der Waals surface area contributed by atoms with Crippen molar-refractivity contribution in [3.63, 3.8) is 0 Å². The number of ketones is 1. The van der Waals surface area contributed by atoms with Crippen LogP contribution in [0.1, 0.15) is 34.5 Å². The van der Waals surface area contributed by atoms with Gasteiger partial charge in [-0.05, 0) is 19.1 Å². The summed E-state index contributed by atoms with van der Waals surface area (Å²) in [5.74, 6) is 0.127. The molecule has 0 saturated heterocycles. The van der Waals surface area contributed by atoms with Crippen molar-refractivity contribution in [1.29, 1.82) is 5.26 Å².